The lowest BCUT2D eigenvalue weighted by Crippen LogP contribution is -2.25. The molecule has 1 rings (SSSR count). The number of ether oxygens (including phenoxy) is 2. The molecule has 0 saturated carbocycles. The van der Waals surface area contributed by atoms with E-state index in [0.29, 0.717) is 6.42 Å². The molecule has 0 unspecified atom stereocenters. The molecule has 6 nitrogen and oxygen atoms in total. The van der Waals surface area contributed by atoms with Crippen LogP contribution in [0.4, 0.5) is 10.1 Å². The van der Waals surface area contributed by atoms with Crippen molar-refractivity contribution in [3.63, 3.8) is 0 Å². The number of benzene rings is 1. The van der Waals surface area contributed by atoms with E-state index in [-0.39, 0.29) is 6.61 Å². The number of halogens is 1. The molecule has 1 aromatic carbocycles. The predicted octanol–water partition coefficient (Wildman–Crippen LogP) is 2.71. The molecule has 0 heterocycles. The molecule has 0 bridgehead atoms. The van der Waals surface area contributed by atoms with Crippen LogP contribution in [-0.2, 0) is 9.47 Å². The molecule has 0 radical (unpaired) electrons. The van der Waals surface area contributed by atoms with Gasteiger partial charge in [0, 0.05) is 19.6 Å². The Morgan fingerprint density at radius 2 is 2.10 bits per heavy atom. The van der Waals surface area contributed by atoms with Crippen LogP contribution in [0.1, 0.15) is 30.6 Å². The van der Waals surface area contributed by atoms with Gasteiger partial charge in [-0.15, -0.1) is 0 Å². The third-order valence-electron chi connectivity index (χ3n) is 2.87. The fourth-order valence-corrected chi connectivity index (χ4v) is 1.40. The Bertz CT molecular complexity index is 515. The van der Waals surface area contributed by atoms with Crippen molar-refractivity contribution in [2.45, 2.75) is 25.9 Å². The molecule has 20 heavy (non-hydrogen) atoms. The van der Waals surface area contributed by atoms with E-state index in [4.69, 9.17) is 9.47 Å². The molecule has 0 aromatic heterocycles. The highest BCUT2D eigenvalue weighted by atomic mass is 19.1. The topological polar surface area (TPSA) is 78.7 Å². The van der Waals surface area contributed by atoms with Gasteiger partial charge in [0.25, 0.3) is 5.69 Å². The standard InChI is InChI=1S/C13H16FNO5/c1-13(2,19-3)6-7-20-12(16)10-8-9(14)4-5-11(10)15(17)18/h4-5,8H,6-7H2,1-3H3. The maximum Gasteiger partial charge on any atom is 0.345 e. The maximum absolute atomic E-state index is 13.1. The van der Waals surface area contributed by atoms with Crippen molar-refractivity contribution in [2.24, 2.45) is 0 Å². The molecule has 0 aliphatic heterocycles. The second-order valence-electron chi connectivity index (χ2n) is 4.77. The Morgan fingerprint density at radius 3 is 2.65 bits per heavy atom. The minimum atomic E-state index is -0.928. The number of hydrogen-bond acceptors (Lipinski definition) is 5. The highest BCUT2D eigenvalue weighted by Crippen LogP contribution is 2.21. The summed E-state index contributed by atoms with van der Waals surface area (Å²) in [5, 5.41) is 10.8. The van der Waals surface area contributed by atoms with E-state index >= 15 is 0 Å². The van der Waals surface area contributed by atoms with Crippen molar-refractivity contribution >= 4 is 11.7 Å². The molecule has 110 valence electrons. The van der Waals surface area contributed by atoms with Gasteiger partial charge in [-0.1, -0.05) is 0 Å². The molecule has 0 aliphatic rings. The molecule has 0 amide bonds. The van der Waals surface area contributed by atoms with Gasteiger partial charge in [-0.2, -0.15) is 0 Å². The molecule has 7 heteroatoms. The van der Waals surface area contributed by atoms with Gasteiger partial charge in [-0.05, 0) is 26.0 Å². The zero-order chi connectivity index (χ0) is 15.3. The van der Waals surface area contributed by atoms with E-state index in [1.54, 1.807) is 0 Å². The quantitative estimate of drug-likeness (QED) is 0.456. The molecule has 1 aromatic rings. The van der Waals surface area contributed by atoms with Crippen LogP contribution in [-0.4, -0.2) is 30.2 Å². The van der Waals surface area contributed by atoms with Crippen molar-refractivity contribution < 1.29 is 23.6 Å². The zero-order valence-electron chi connectivity index (χ0n) is 11.5. The van der Waals surface area contributed by atoms with Crippen LogP contribution in [0.15, 0.2) is 18.2 Å². The van der Waals surface area contributed by atoms with Gasteiger partial charge in [0.2, 0.25) is 0 Å². The predicted molar refractivity (Wildman–Crippen MR) is 69.0 cm³/mol. The van der Waals surface area contributed by atoms with Crippen molar-refractivity contribution in [1.82, 2.24) is 0 Å². The summed E-state index contributed by atoms with van der Waals surface area (Å²) in [6, 6.07) is 2.65. The first-order chi connectivity index (χ1) is 9.26. The number of esters is 1. The molecule has 0 saturated heterocycles. The summed E-state index contributed by atoms with van der Waals surface area (Å²) >= 11 is 0. The average Bonchev–Trinajstić information content (AvgIpc) is 2.37. The number of nitro groups is 1. The van der Waals surface area contributed by atoms with Crippen LogP contribution in [0.25, 0.3) is 0 Å². The van der Waals surface area contributed by atoms with Gasteiger partial charge in [-0.3, -0.25) is 10.1 Å². The van der Waals surface area contributed by atoms with Gasteiger partial charge < -0.3 is 9.47 Å². The van der Waals surface area contributed by atoms with E-state index in [0.717, 1.165) is 18.2 Å². The van der Waals surface area contributed by atoms with Crippen LogP contribution in [0.3, 0.4) is 0 Å². The van der Waals surface area contributed by atoms with Crippen LogP contribution < -0.4 is 0 Å². The Morgan fingerprint density at radius 1 is 1.45 bits per heavy atom. The highest BCUT2D eigenvalue weighted by Gasteiger charge is 2.23. The summed E-state index contributed by atoms with van der Waals surface area (Å²) in [5.41, 5.74) is -1.36. The molecule has 0 N–H and O–H groups in total. The summed E-state index contributed by atoms with van der Waals surface area (Å²) in [6.45, 7) is 3.64. The van der Waals surface area contributed by atoms with Gasteiger partial charge in [0.15, 0.2) is 0 Å². The first-order valence-corrected chi connectivity index (χ1v) is 5.93. The summed E-state index contributed by atoms with van der Waals surface area (Å²) < 4.78 is 23.2. The molecular weight excluding hydrogens is 269 g/mol. The fraction of sp³-hybridized carbons (Fsp3) is 0.462. The Balaban J connectivity index is 2.77. The van der Waals surface area contributed by atoms with Crippen molar-refractivity contribution in [1.29, 1.82) is 0 Å². The second kappa shape index (κ2) is 6.42. The lowest BCUT2D eigenvalue weighted by atomic mass is 10.1. The summed E-state index contributed by atoms with van der Waals surface area (Å²) in [6.07, 6.45) is 0.415. The van der Waals surface area contributed by atoms with Crippen molar-refractivity contribution in [2.75, 3.05) is 13.7 Å². The maximum atomic E-state index is 13.1. The van der Waals surface area contributed by atoms with E-state index in [1.807, 2.05) is 13.8 Å². The van der Waals surface area contributed by atoms with Gasteiger partial charge in [0.05, 0.1) is 17.1 Å². The minimum Gasteiger partial charge on any atom is -0.462 e. The van der Waals surface area contributed by atoms with Crippen LogP contribution in [0, 0.1) is 15.9 Å². The van der Waals surface area contributed by atoms with Crippen LogP contribution in [0.2, 0.25) is 0 Å². The van der Waals surface area contributed by atoms with Crippen molar-refractivity contribution in [3.8, 4) is 0 Å². The number of methoxy groups -OCH3 is 1. The lowest BCUT2D eigenvalue weighted by Gasteiger charge is -2.22. The number of rotatable bonds is 6. The minimum absolute atomic E-state index is 0.0212. The monoisotopic (exact) mass is 285 g/mol. The number of nitrogens with zero attached hydrogens (tertiary/aromatic N) is 1. The van der Waals surface area contributed by atoms with Crippen molar-refractivity contribution in [3.05, 3.63) is 39.7 Å². The SMILES string of the molecule is COC(C)(C)CCOC(=O)c1cc(F)ccc1[N+](=O)[O-]. The molecule has 0 atom stereocenters. The Hall–Kier alpha value is -2.02. The van der Waals surface area contributed by atoms with E-state index in [1.165, 1.54) is 7.11 Å². The van der Waals surface area contributed by atoms with Gasteiger partial charge in [-0.25, -0.2) is 9.18 Å². The molecule has 0 spiro atoms. The highest BCUT2D eigenvalue weighted by molar-refractivity contribution is 5.93. The largest absolute Gasteiger partial charge is 0.462 e. The smallest absolute Gasteiger partial charge is 0.345 e. The van der Waals surface area contributed by atoms with E-state index < -0.39 is 33.6 Å². The number of hydrogen-bond donors (Lipinski definition) is 0. The first kappa shape index (κ1) is 16.0. The van der Waals surface area contributed by atoms with E-state index in [2.05, 4.69) is 0 Å². The van der Waals surface area contributed by atoms with Crippen LogP contribution >= 0.6 is 0 Å². The lowest BCUT2D eigenvalue weighted by molar-refractivity contribution is -0.385. The molecule has 0 fully saturated rings. The third kappa shape index (κ3) is 4.27. The third-order valence-corrected chi connectivity index (χ3v) is 2.87. The summed E-state index contributed by atoms with van der Waals surface area (Å²) in [7, 11) is 1.53. The van der Waals surface area contributed by atoms with E-state index in [9.17, 15) is 19.3 Å². The fourth-order valence-electron chi connectivity index (χ4n) is 1.40. The summed E-state index contributed by atoms with van der Waals surface area (Å²) in [4.78, 5) is 21.8. The normalized spacial score (nSPS) is 11.2. The average molecular weight is 285 g/mol. The Kier molecular flexibility index (Phi) is 5.15. The second-order valence-corrected chi connectivity index (χ2v) is 4.77. The number of carbonyl (C=O) groups excluding carboxylic acids is 1. The summed E-state index contributed by atoms with van der Waals surface area (Å²) in [5.74, 6) is -1.66. The van der Waals surface area contributed by atoms with Gasteiger partial charge in [0.1, 0.15) is 11.4 Å². The number of nitro benzene ring substituents is 1. The molecule has 0 aliphatic carbocycles. The Labute approximate surface area is 115 Å². The van der Waals surface area contributed by atoms with Crippen LogP contribution in [0.5, 0.6) is 0 Å². The number of carbonyl (C=O) groups is 1. The van der Waals surface area contributed by atoms with Gasteiger partial charge >= 0.3 is 5.97 Å². The molecular formula is C13H16FNO5. The zero-order valence-corrected chi connectivity index (χ0v) is 11.5. The first-order valence-electron chi connectivity index (χ1n) is 5.93.